The molecule has 6 nitrogen and oxygen atoms in total. The minimum atomic E-state index is 0.602. The lowest BCUT2D eigenvalue weighted by Gasteiger charge is -2.09. The Kier molecular flexibility index (Phi) is 3.18. The number of rotatable bonds is 3. The maximum atomic E-state index is 5.78. The van der Waals surface area contributed by atoms with Crippen LogP contribution in [0.3, 0.4) is 0 Å². The van der Waals surface area contributed by atoms with Crippen molar-refractivity contribution >= 4 is 22.7 Å². The molecule has 0 aliphatic heterocycles. The highest BCUT2D eigenvalue weighted by molar-refractivity contribution is 5.75. The van der Waals surface area contributed by atoms with Gasteiger partial charge in [-0.15, -0.1) is 0 Å². The third-order valence-corrected chi connectivity index (χ3v) is 2.67. The molecule has 0 radical (unpaired) electrons. The van der Waals surface area contributed by atoms with Gasteiger partial charge in [-0.05, 0) is 12.1 Å². The van der Waals surface area contributed by atoms with Crippen molar-refractivity contribution in [3.63, 3.8) is 0 Å². The van der Waals surface area contributed by atoms with E-state index in [1.54, 1.807) is 12.4 Å². The number of hydrogen-bond donors (Lipinski definition) is 4. The number of anilines is 4. The van der Waals surface area contributed by atoms with Gasteiger partial charge in [0.1, 0.15) is 0 Å². The third-order valence-electron chi connectivity index (χ3n) is 2.67. The fourth-order valence-electron chi connectivity index (χ4n) is 1.65. The van der Waals surface area contributed by atoms with E-state index in [2.05, 4.69) is 20.6 Å². The predicted molar refractivity (Wildman–Crippen MR) is 75.4 cm³/mol. The van der Waals surface area contributed by atoms with Gasteiger partial charge in [0.05, 0.1) is 46.5 Å². The summed E-state index contributed by atoms with van der Waals surface area (Å²) in [6.07, 6.45) is 3.22. The summed E-state index contributed by atoms with van der Waals surface area (Å²) in [6, 6.07) is 3.71. The van der Waals surface area contributed by atoms with Crippen molar-refractivity contribution in [3.05, 3.63) is 24.5 Å². The lowest BCUT2D eigenvalue weighted by atomic mass is 10.2. The van der Waals surface area contributed by atoms with Gasteiger partial charge in [0.2, 0.25) is 0 Å². The minimum Gasteiger partial charge on any atom is -0.396 e. The van der Waals surface area contributed by atoms with Crippen molar-refractivity contribution in [2.75, 3.05) is 36.2 Å². The van der Waals surface area contributed by atoms with Crippen LogP contribution in [0.5, 0.6) is 0 Å². The van der Waals surface area contributed by atoms with Crippen molar-refractivity contribution in [2.45, 2.75) is 0 Å². The summed E-state index contributed by atoms with van der Waals surface area (Å²) in [5.74, 6) is 0. The van der Waals surface area contributed by atoms with Gasteiger partial charge >= 0.3 is 0 Å². The Labute approximate surface area is 105 Å². The van der Waals surface area contributed by atoms with Crippen LogP contribution >= 0.6 is 0 Å². The van der Waals surface area contributed by atoms with Crippen LogP contribution in [0.1, 0.15) is 0 Å². The summed E-state index contributed by atoms with van der Waals surface area (Å²) >= 11 is 0. The summed E-state index contributed by atoms with van der Waals surface area (Å²) in [5, 5.41) is 6.02. The largest absolute Gasteiger partial charge is 0.396 e. The number of hydrogen-bond acceptors (Lipinski definition) is 6. The zero-order chi connectivity index (χ0) is 13.1. The number of nitrogens with zero attached hydrogens (tertiary/aromatic N) is 2. The van der Waals surface area contributed by atoms with Crippen LogP contribution in [-0.2, 0) is 0 Å². The number of nitrogens with two attached hydrogens (primary N) is 2. The molecule has 6 heteroatoms. The Morgan fingerprint density at radius 3 is 1.56 bits per heavy atom. The Bertz CT molecular complexity index is 515. The molecule has 0 aliphatic rings. The Balaban J connectivity index is 2.48. The van der Waals surface area contributed by atoms with Crippen LogP contribution in [0.15, 0.2) is 24.5 Å². The van der Waals surface area contributed by atoms with E-state index in [0.717, 1.165) is 22.8 Å². The van der Waals surface area contributed by atoms with Gasteiger partial charge in [0.15, 0.2) is 0 Å². The van der Waals surface area contributed by atoms with Crippen LogP contribution in [-0.4, -0.2) is 24.1 Å². The fraction of sp³-hybridized carbons (Fsp3) is 0.167. The second kappa shape index (κ2) is 4.79. The molecule has 2 aromatic rings. The first kappa shape index (κ1) is 12.0. The Morgan fingerprint density at radius 1 is 0.833 bits per heavy atom. The van der Waals surface area contributed by atoms with Crippen molar-refractivity contribution in [2.24, 2.45) is 0 Å². The van der Waals surface area contributed by atoms with E-state index in [-0.39, 0.29) is 0 Å². The van der Waals surface area contributed by atoms with Gasteiger partial charge in [-0.2, -0.15) is 0 Å². The Hall–Kier alpha value is -2.50. The van der Waals surface area contributed by atoms with Gasteiger partial charge in [-0.25, -0.2) is 0 Å². The molecule has 0 saturated carbocycles. The molecule has 0 unspecified atom stereocenters. The maximum absolute atomic E-state index is 5.78. The smallest absolute Gasteiger partial charge is 0.0909 e. The standard InChI is InChI=1S/C12H16N6/c1-15-9-3-11(17-5-7(9)13)12-4-10(16-2)8(14)6-18-12/h3-6H,13-14H2,1-2H3,(H,15,17)(H,16,18). The molecule has 0 aliphatic carbocycles. The summed E-state index contributed by atoms with van der Waals surface area (Å²) in [5.41, 5.74) is 15.9. The topological polar surface area (TPSA) is 102 Å². The first-order valence-corrected chi connectivity index (χ1v) is 5.52. The normalized spacial score (nSPS) is 10.1. The molecule has 6 N–H and O–H groups in total. The van der Waals surface area contributed by atoms with E-state index in [4.69, 9.17) is 11.5 Å². The molecule has 2 rings (SSSR count). The number of nitrogens with one attached hydrogen (secondary N) is 2. The highest BCUT2D eigenvalue weighted by atomic mass is 14.9. The van der Waals surface area contributed by atoms with Crippen LogP contribution in [0.2, 0.25) is 0 Å². The van der Waals surface area contributed by atoms with Crippen molar-refractivity contribution in [3.8, 4) is 11.4 Å². The highest BCUT2D eigenvalue weighted by Crippen LogP contribution is 2.26. The number of pyridine rings is 2. The molecule has 94 valence electrons. The van der Waals surface area contributed by atoms with Crippen LogP contribution in [0, 0.1) is 0 Å². The first-order chi connectivity index (χ1) is 8.65. The molecule has 2 heterocycles. The predicted octanol–water partition coefficient (Wildman–Crippen LogP) is 1.39. The zero-order valence-corrected chi connectivity index (χ0v) is 10.4. The molecule has 0 atom stereocenters. The maximum Gasteiger partial charge on any atom is 0.0909 e. The van der Waals surface area contributed by atoms with E-state index in [0.29, 0.717) is 11.4 Å². The quantitative estimate of drug-likeness (QED) is 0.650. The van der Waals surface area contributed by atoms with E-state index in [1.807, 2.05) is 26.2 Å². The van der Waals surface area contributed by atoms with Gasteiger partial charge in [-0.1, -0.05) is 0 Å². The molecule has 0 spiro atoms. The number of nitrogen functional groups attached to an aromatic ring is 2. The Morgan fingerprint density at radius 2 is 1.22 bits per heavy atom. The lowest BCUT2D eigenvalue weighted by Crippen LogP contribution is -2.00. The molecule has 18 heavy (non-hydrogen) atoms. The number of aromatic nitrogens is 2. The molecule has 0 saturated heterocycles. The van der Waals surface area contributed by atoms with Gasteiger partial charge in [0, 0.05) is 14.1 Å². The zero-order valence-electron chi connectivity index (χ0n) is 10.4. The molecule has 0 amide bonds. The van der Waals surface area contributed by atoms with Crippen LogP contribution in [0.4, 0.5) is 22.7 Å². The summed E-state index contributed by atoms with van der Waals surface area (Å²) < 4.78 is 0. The second-order valence-corrected chi connectivity index (χ2v) is 3.81. The van der Waals surface area contributed by atoms with Crippen LogP contribution in [0.25, 0.3) is 11.4 Å². The summed E-state index contributed by atoms with van der Waals surface area (Å²) in [4.78, 5) is 8.53. The summed E-state index contributed by atoms with van der Waals surface area (Å²) in [6.45, 7) is 0. The monoisotopic (exact) mass is 244 g/mol. The molecule has 0 aromatic carbocycles. The van der Waals surface area contributed by atoms with Crippen molar-refractivity contribution in [1.82, 2.24) is 9.97 Å². The SMILES string of the molecule is CNc1cc(-c2cc(NC)c(N)cn2)ncc1N. The molecular weight excluding hydrogens is 228 g/mol. The van der Waals surface area contributed by atoms with E-state index < -0.39 is 0 Å². The van der Waals surface area contributed by atoms with Gasteiger partial charge in [0.25, 0.3) is 0 Å². The molecule has 0 bridgehead atoms. The second-order valence-electron chi connectivity index (χ2n) is 3.81. The van der Waals surface area contributed by atoms with E-state index >= 15 is 0 Å². The molecule has 0 fully saturated rings. The molecule has 2 aromatic heterocycles. The lowest BCUT2D eigenvalue weighted by molar-refractivity contribution is 1.24. The van der Waals surface area contributed by atoms with Crippen LogP contribution < -0.4 is 22.1 Å². The van der Waals surface area contributed by atoms with Gasteiger partial charge in [-0.3, -0.25) is 9.97 Å². The average Bonchev–Trinajstić information content (AvgIpc) is 2.40. The molecular formula is C12H16N6. The average molecular weight is 244 g/mol. The summed E-state index contributed by atoms with van der Waals surface area (Å²) in [7, 11) is 3.62. The van der Waals surface area contributed by atoms with Gasteiger partial charge < -0.3 is 22.1 Å². The minimum absolute atomic E-state index is 0.602. The first-order valence-electron chi connectivity index (χ1n) is 5.52. The van der Waals surface area contributed by atoms with Crippen molar-refractivity contribution in [1.29, 1.82) is 0 Å². The van der Waals surface area contributed by atoms with Crippen molar-refractivity contribution < 1.29 is 0 Å². The fourth-order valence-corrected chi connectivity index (χ4v) is 1.65. The van der Waals surface area contributed by atoms with E-state index in [1.165, 1.54) is 0 Å². The third kappa shape index (κ3) is 2.13. The van der Waals surface area contributed by atoms with E-state index in [9.17, 15) is 0 Å². The highest BCUT2D eigenvalue weighted by Gasteiger charge is 2.07.